The minimum Gasteiger partial charge on any atom is -0.444 e. The van der Waals surface area contributed by atoms with E-state index in [1.807, 2.05) is 33.8 Å². The van der Waals surface area contributed by atoms with Crippen LogP contribution < -0.4 is 4.90 Å². The quantitative estimate of drug-likeness (QED) is 0.591. The Bertz CT molecular complexity index is 878. The van der Waals surface area contributed by atoms with Gasteiger partial charge >= 0.3 is 6.09 Å². The van der Waals surface area contributed by atoms with Crippen LogP contribution in [0.4, 0.5) is 16.2 Å². The van der Waals surface area contributed by atoms with Crippen LogP contribution in [0.25, 0.3) is 10.9 Å². The van der Waals surface area contributed by atoms with Gasteiger partial charge in [0.1, 0.15) is 5.60 Å². The minimum absolute atomic E-state index is 0.0391. The molecule has 27 heavy (non-hydrogen) atoms. The van der Waals surface area contributed by atoms with Gasteiger partial charge in [0.25, 0.3) is 5.69 Å². The molecule has 0 unspecified atom stereocenters. The monoisotopic (exact) mass is 372 g/mol. The molecule has 0 spiro atoms. The predicted molar refractivity (Wildman–Crippen MR) is 103 cm³/mol. The lowest BCUT2D eigenvalue weighted by molar-refractivity contribution is -0.384. The Morgan fingerprint density at radius 2 is 2.04 bits per heavy atom. The molecular formula is C19H24N4O4. The number of amides is 1. The molecule has 1 fully saturated rings. The predicted octanol–water partition coefficient (Wildman–Crippen LogP) is 3.59. The van der Waals surface area contributed by atoms with Crippen molar-refractivity contribution in [2.24, 2.45) is 0 Å². The third-order valence-electron chi connectivity index (χ3n) is 4.51. The van der Waals surface area contributed by atoms with E-state index >= 15 is 0 Å². The van der Waals surface area contributed by atoms with Crippen molar-refractivity contribution in [1.29, 1.82) is 0 Å². The smallest absolute Gasteiger partial charge is 0.410 e. The zero-order valence-electron chi connectivity index (χ0n) is 16.0. The van der Waals surface area contributed by atoms with E-state index in [1.54, 1.807) is 23.2 Å². The summed E-state index contributed by atoms with van der Waals surface area (Å²) < 4.78 is 5.48. The highest BCUT2D eigenvalue weighted by Gasteiger charge is 2.31. The van der Waals surface area contributed by atoms with E-state index in [-0.39, 0.29) is 17.8 Å². The molecule has 2 heterocycles. The standard InChI is InChI=1S/C19H24N4O4/c1-13-12-21(9-10-22(13)18(24)27-19(2,3)4)17-7-8-20-16-6-5-14(23(25)26)11-15(16)17/h5-8,11,13H,9-10,12H2,1-4H3/t13-/m1/s1. The van der Waals surface area contributed by atoms with Crippen LogP contribution in [0.1, 0.15) is 27.7 Å². The molecule has 1 aromatic heterocycles. The number of nitro groups is 1. The second-order valence-electron chi connectivity index (χ2n) is 7.76. The van der Waals surface area contributed by atoms with Crippen LogP contribution in [0, 0.1) is 10.1 Å². The van der Waals surface area contributed by atoms with Gasteiger partial charge in [0.05, 0.1) is 10.4 Å². The molecule has 0 aliphatic carbocycles. The zero-order valence-corrected chi connectivity index (χ0v) is 16.0. The van der Waals surface area contributed by atoms with E-state index in [4.69, 9.17) is 4.74 Å². The van der Waals surface area contributed by atoms with Crippen molar-refractivity contribution in [1.82, 2.24) is 9.88 Å². The first-order chi connectivity index (χ1) is 12.7. The first-order valence-electron chi connectivity index (χ1n) is 8.93. The van der Waals surface area contributed by atoms with E-state index in [1.165, 1.54) is 6.07 Å². The Morgan fingerprint density at radius 3 is 2.67 bits per heavy atom. The zero-order chi connectivity index (χ0) is 19.8. The second-order valence-corrected chi connectivity index (χ2v) is 7.76. The largest absolute Gasteiger partial charge is 0.444 e. The number of rotatable bonds is 2. The van der Waals surface area contributed by atoms with Gasteiger partial charge in [0.2, 0.25) is 0 Å². The number of carbonyl (C=O) groups is 1. The Labute approximate surface area is 157 Å². The number of hydrogen-bond acceptors (Lipinski definition) is 6. The van der Waals surface area contributed by atoms with Crippen molar-refractivity contribution < 1.29 is 14.5 Å². The molecule has 1 amide bonds. The summed E-state index contributed by atoms with van der Waals surface area (Å²) in [5.41, 5.74) is 1.10. The maximum Gasteiger partial charge on any atom is 0.410 e. The molecule has 0 N–H and O–H groups in total. The average molecular weight is 372 g/mol. The van der Waals surface area contributed by atoms with Crippen LogP contribution in [-0.2, 0) is 4.74 Å². The van der Waals surface area contributed by atoms with Gasteiger partial charge < -0.3 is 14.5 Å². The molecule has 1 atom stereocenters. The number of pyridine rings is 1. The highest BCUT2D eigenvalue weighted by Crippen LogP contribution is 2.30. The van der Waals surface area contributed by atoms with Gasteiger partial charge in [-0.1, -0.05) is 0 Å². The molecule has 0 bridgehead atoms. The summed E-state index contributed by atoms with van der Waals surface area (Å²) in [7, 11) is 0. The van der Waals surface area contributed by atoms with E-state index in [0.29, 0.717) is 25.2 Å². The van der Waals surface area contributed by atoms with Gasteiger partial charge in [-0.25, -0.2) is 4.79 Å². The van der Waals surface area contributed by atoms with Crippen molar-refractivity contribution in [2.45, 2.75) is 39.3 Å². The SMILES string of the molecule is C[C@@H]1CN(c2ccnc3ccc([N+](=O)[O-])cc23)CCN1C(=O)OC(C)(C)C. The molecule has 2 aromatic rings. The molecule has 0 saturated carbocycles. The van der Waals surface area contributed by atoms with E-state index < -0.39 is 10.5 Å². The summed E-state index contributed by atoms with van der Waals surface area (Å²) in [5.74, 6) is 0. The lowest BCUT2D eigenvalue weighted by atomic mass is 10.1. The lowest BCUT2D eigenvalue weighted by Crippen LogP contribution is -2.55. The number of nitro benzene ring substituents is 1. The molecule has 3 rings (SSSR count). The maximum atomic E-state index is 12.4. The van der Waals surface area contributed by atoms with Crippen LogP contribution in [0.5, 0.6) is 0 Å². The molecule has 8 heteroatoms. The number of carbonyl (C=O) groups excluding carboxylic acids is 1. The van der Waals surface area contributed by atoms with Crippen LogP contribution in [-0.4, -0.2) is 52.2 Å². The fourth-order valence-electron chi connectivity index (χ4n) is 3.28. The van der Waals surface area contributed by atoms with Crippen molar-refractivity contribution in [3.8, 4) is 0 Å². The van der Waals surface area contributed by atoms with Crippen LogP contribution in [0.2, 0.25) is 0 Å². The van der Waals surface area contributed by atoms with Gasteiger partial charge in [-0.05, 0) is 39.8 Å². The van der Waals surface area contributed by atoms with E-state index in [0.717, 1.165) is 11.1 Å². The van der Waals surface area contributed by atoms with Crippen molar-refractivity contribution in [3.05, 3.63) is 40.6 Å². The first-order valence-corrected chi connectivity index (χ1v) is 8.93. The van der Waals surface area contributed by atoms with Crippen LogP contribution >= 0.6 is 0 Å². The number of ether oxygens (including phenoxy) is 1. The third kappa shape index (κ3) is 4.10. The Kier molecular flexibility index (Phi) is 4.91. The number of nitrogens with zero attached hydrogens (tertiary/aromatic N) is 4. The van der Waals surface area contributed by atoms with Crippen LogP contribution in [0.3, 0.4) is 0 Å². The Hall–Kier alpha value is -2.90. The number of hydrogen-bond donors (Lipinski definition) is 0. The first kappa shape index (κ1) is 18.9. The van der Waals surface area contributed by atoms with Gasteiger partial charge in [0.15, 0.2) is 0 Å². The Balaban J connectivity index is 1.84. The summed E-state index contributed by atoms with van der Waals surface area (Å²) in [6.07, 6.45) is 1.39. The van der Waals surface area contributed by atoms with E-state index in [2.05, 4.69) is 9.88 Å². The van der Waals surface area contributed by atoms with Crippen molar-refractivity contribution >= 4 is 28.4 Å². The molecule has 8 nitrogen and oxygen atoms in total. The average Bonchev–Trinajstić information content (AvgIpc) is 2.59. The summed E-state index contributed by atoms with van der Waals surface area (Å²) in [4.78, 5) is 31.3. The molecule has 0 radical (unpaired) electrons. The van der Waals surface area contributed by atoms with Gasteiger partial charge in [0, 0.05) is 55.1 Å². The molecule has 1 aromatic carbocycles. The summed E-state index contributed by atoms with van der Waals surface area (Å²) in [5, 5.41) is 11.9. The van der Waals surface area contributed by atoms with Crippen molar-refractivity contribution in [2.75, 3.05) is 24.5 Å². The molecule has 1 aliphatic rings. The number of benzene rings is 1. The molecule has 1 saturated heterocycles. The maximum absolute atomic E-state index is 12.4. The highest BCUT2D eigenvalue weighted by molar-refractivity contribution is 5.93. The number of piperazine rings is 1. The van der Waals surface area contributed by atoms with Gasteiger partial charge in [-0.2, -0.15) is 0 Å². The molecular weight excluding hydrogens is 348 g/mol. The topological polar surface area (TPSA) is 88.8 Å². The van der Waals surface area contributed by atoms with E-state index in [9.17, 15) is 14.9 Å². The molecule has 144 valence electrons. The minimum atomic E-state index is -0.534. The van der Waals surface area contributed by atoms with Gasteiger partial charge in [-0.3, -0.25) is 15.1 Å². The summed E-state index contributed by atoms with van der Waals surface area (Å²) in [6.45, 7) is 9.27. The number of aromatic nitrogens is 1. The normalized spacial score (nSPS) is 17.9. The Morgan fingerprint density at radius 1 is 1.30 bits per heavy atom. The highest BCUT2D eigenvalue weighted by atomic mass is 16.6. The number of fused-ring (bicyclic) bond motifs is 1. The summed E-state index contributed by atoms with van der Waals surface area (Å²) >= 11 is 0. The fourth-order valence-corrected chi connectivity index (χ4v) is 3.28. The van der Waals surface area contributed by atoms with Crippen molar-refractivity contribution in [3.63, 3.8) is 0 Å². The second kappa shape index (κ2) is 7.02. The summed E-state index contributed by atoms with van der Waals surface area (Å²) in [6, 6.07) is 6.50. The number of anilines is 1. The van der Waals surface area contributed by atoms with Gasteiger partial charge in [-0.15, -0.1) is 0 Å². The van der Waals surface area contributed by atoms with Crippen LogP contribution in [0.15, 0.2) is 30.5 Å². The third-order valence-corrected chi connectivity index (χ3v) is 4.51. The fraction of sp³-hybridized carbons (Fsp3) is 0.474. The molecule has 1 aliphatic heterocycles. The number of non-ortho nitro benzene ring substituents is 1. The lowest BCUT2D eigenvalue weighted by Gasteiger charge is -2.41.